The molecule has 3 aliphatic rings. The second kappa shape index (κ2) is 11.7. The van der Waals surface area contributed by atoms with Gasteiger partial charge in [-0.15, -0.1) is 37.2 Å². The molecule has 166 valence electrons. The lowest BCUT2D eigenvalue weighted by Gasteiger charge is -2.32. The fourth-order valence-electron chi connectivity index (χ4n) is 4.53. The van der Waals surface area contributed by atoms with Gasteiger partial charge in [0.2, 0.25) is 5.91 Å². The molecule has 1 aromatic rings. The predicted molar refractivity (Wildman–Crippen MR) is 125 cm³/mol. The zero-order chi connectivity index (χ0) is 18.0. The maximum absolute atomic E-state index is 12.5. The number of rotatable bonds is 5. The van der Waals surface area contributed by atoms with Crippen molar-refractivity contribution in [2.45, 2.75) is 32.4 Å². The molecule has 1 aliphatic carbocycles. The molecule has 1 spiro atoms. The summed E-state index contributed by atoms with van der Waals surface area (Å²) in [6.45, 7) is 8.42. The number of likely N-dealkylation sites (N-methyl/N-ethyl adjacent to an activating group) is 1. The second-order valence-corrected chi connectivity index (χ2v) is 8.48. The molecule has 29 heavy (non-hydrogen) atoms. The fourth-order valence-corrected chi connectivity index (χ4v) is 4.53. The van der Waals surface area contributed by atoms with E-state index < -0.39 is 0 Å². The van der Waals surface area contributed by atoms with Crippen LogP contribution < -0.4 is 10.6 Å². The van der Waals surface area contributed by atoms with Gasteiger partial charge in [0.15, 0.2) is 0 Å². The number of nitrogens with zero attached hydrogens (tertiary/aromatic N) is 2. The predicted octanol–water partition coefficient (Wildman–Crippen LogP) is 2.71. The average Bonchev–Trinajstić information content (AvgIpc) is 3.36. The number of hydrogen-bond acceptors (Lipinski definition) is 4. The number of halogens is 3. The first-order valence-electron chi connectivity index (χ1n) is 10.1. The molecule has 2 saturated heterocycles. The quantitative estimate of drug-likeness (QED) is 0.702. The summed E-state index contributed by atoms with van der Waals surface area (Å²) in [6.07, 6.45) is 3.41. The monoisotopic (exact) mass is 464 g/mol. The van der Waals surface area contributed by atoms with Crippen molar-refractivity contribution in [3.05, 3.63) is 35.4 Å². The first-order chi connectivity index (χ1) is 12.6. The van der Waals surface area contributed by atoms with E-state index in [9.17, 15) is 4.79 Å². The van der Waals surface area contributed by atoms with Crippen LogP contribution in [-0.4, -0.2) is 62.0 Å². The third-order valence-corrected chi connectivity index (χ3v) is 6.60. The molecule has 2 aliphatic heterocycles. The summed E-state index contributed by atoms with van der Waals surface area (Å²) in [7, 11) is 2.19. The maximum atomic E-state index is 12.5. The molecule has 1 saturated carbocycles. The summed E-state index contributed by atoms with van der Waals surface area (Å²) in [6, 6.07) is 8.76. The Kier molecular flexibility index (Phi) is 10.7. The zero-order valence-corrected chi connectivity index (χ0v) is 19.6. The van der Waals surface area contributed by atoms with E-state index in [0.29, 0.717) is 12.0 Å². The van der Waals surface area contributed by atoms with Gasteiger partial charge < -0.3 is 15.5 Å². The van der Waals surface area contributed by atoms with Gasteiger partial charge in [0.05, 0.1) is 0 Å². The van der Waals surface area contributed by atoms with E-state index in [1.165, 1.54) is 11.1 Å². The van der Waals surface area contributed by atoms with Crippen LogP contribution in [0.2, 0.25) is 0 Å². The van der Waals surface area contributed by atoms with Gasteiger partial charge in [0.1, 0.15) is 0 Å². The van der Waals surface area contributed by atoms with Crippen LogP contribution in [0.1, 0.15) is 30.4 Å². The van der Waals surface area contributed by atoms with Gasteiger partial charge in [-0.05, 0) is 55.9 Å². The van der Waals surface area contributed by atoms with Gasteiger partial charge in [-0.25, -0.2) is 0 Å². The third kappa shape index (κ3) is 6.71. The molecule has 8 heteroatoms. The average molecular weight is 466 g/mol. The molecule has 0 radical (unpaired) electrons. The van der Waals surface area contributed by atoms with Gasteiger partial charge >= 0.3 is 0 Å². The van der Waals surface area contributed by atoms with E-state index in [-0.39, 0.29) is 49.0 Å². The molecular weight excluding hydrogens is 431 g/mol. The van der Waals surface area contributed by atoms with Gasteiger partial charge in [-0.2, -0.15) is 0 Å². The van der Waals surface area contributed by atoms with Crippen LogP contribution in [0, 0.1) is 11.3 Å². The van der Waals surface area contributed by atoms with Crippen LogP contribution >= 0.6 is 37.2 Å². The van der Waals surface area contributed by atoms with Crippen LogP contribution in [0.25, 0.3) is 0 Å². The number of carbonyl (C=O) groups excluding carboxylic acids is 1. The number of piperidine rings is 1. The van der Waals surface area contributed by atoms with Crippen LogP contribution in [0.3, 0.4) is 0 Å². The molecule has 1 atom stereocenters. The summed E-state index contributed by atoms with van der Waals surface area (Å²) in [5.41, 5.74) is 2.88. The van der Waals surface area contributed by atoms with Gasteiger partial charge in [-0.1, -0.05) is 24.3 Å². The van der Waals surface area contributed by atoms with Crippen molar-refractivity contribution in [1.82, 2.24) is 20.4 Å². The molecule has 0 aromatic heterocycles. The molecule has 3 fully saturated rings. The Morgan fingerprint density at radius 1 is 1.03 bits per heavy atom. The van der Waals surface area contributed by atoms with E-state index in [2.05, 4.69) is 51.7 Å². The molecule has 1 aromatic carbocycles. The van der Waals surface area contributed by atoms with Crippen LogP contribution in [0.5, 0.6) is 0 Å². The first-order valence-corrected chi connectivity index (χ1v) is 10.1. The highest BCUT2D eigenvalue weighted by molar-refractivity contribution is 5.86. The molecule has 4 rings (SSSR count). The lowest BCUT2D eigenvalue weighted by atomic mass is 9.92. The summed E-state index contributed by atoms with van der Waals surface area (Å²) in [5.74, 6) is 0.509. The fraction of sp³-hybridized carbons (Fsp3) is 0.667. The number of amides is 1. The van der Waals surface area contributed by atoms with Crippen LogP contribution in [-0.2, 0) is 17.9 Å². The third-order valence-electron chi connectivity index (χ3n) is 6.60. The Hall–Kier alpha value is -0.560. The van der Waals surface area contributed by atoms with Crippen molar-refractivity contribution in [3.63, 3.8) is 0 Å². The maximum Gasteiger partial charge on any atom is 0.223 e. The number of benzene rings is 1. The van der Waals surface area contributed by atoms with Crippen molar-refractivity contribution < 1.29 is 4.79 Å². The standard InChI is InChI=1S/C21H32N4O.3ClH/c1-24-10-12-25(13-11-24)16-18-4-2-17(3-5-18)15-23-20(26)19-14-21(19)6-8-22-9-7-21;;;/h2-5,19,22H,6-16H2,1H3,(H,23,26);3*1H. The number of carbonyl (C=O) groups is 1. The normalized spacial score (nSPS) is 23.3. The minimum atomic E-state index is 0. The Morgan fingerprint density at radius 2 is 1.62 bits per heavy atom. The lowest BCUT2D eigenvalue weighted by molar-refractivity contribution is -0.123. The largest absolute Gasteiger partial charge is 0.352 e. The van der Waals surface area contributed by atoms with Crippen molar-refractivity contribution in [2.75, 3.05) is 46.3 Å². The molecule has 0 bridgehead atoms. The van der Waals surface area contributed by atoms with Crippen molar-refractivity contribution >= 4 is 43.1 Å². The van der Waals surface area contributed by atoms with E-state index in [1.54, 1.807) is 0 Å². The number of hydrogen-bond donors (Lipinski definition) is 2. The van der Waals surface area contributed by atoms with E-state index >= 15 is 0 Å². The molecule has 2 heterocycles. The highest BCUT2D eigenvalue weighted by Crippen LogP contribution is 2.58. The van der Waals surface area contributed by atoms with Crippen molar-refractivity contribution in [1.29, 1.82) is 0 Å². The van der Waals surface area contributed by atoms with Gasteiger partial charge in [0, 0.05) is 45.2 Å². The first kappa shape index (κ1) is 26.5. The topological polar surface area (TPSA) is 47.6 Å². The second-order valence-electron chi connectivity index (χ2n) is 8.48. The minimum absolute atomic E-state index is 0. The molecule has 1 unspecified atom stereocenters. The molecule has 1 amide bonds. The van der Waals surface area contributed by atoms with Crippen molar-refractivity contribution in [3.8, 4) is 0 Å². The summed E-state index contributed by atoms with van der Waals surface area (Å²) in [4.78, 5) is 17.4. The summed E-state index contributed by atoms with van der Waals surface area (Å²) < 4.78 is 0. The Labute approximate surface area is 193 Å². The Balaban J connectivity index is 0.00000140. The summed E-state index contributed by atoms with van der Waals surface area (Å²) in [5, 5.41) is 6.56. The smallest absolute Gasteiger partial charge is 0.223 e. The van der Waals surface area contributed by atoms with E-state index in [1.807, 2.05) is 0 Å². The van der Waals surface area contributed by atoms with Crippen LogP contribution in [0.4, 0.5) is 0 Å². The van der Waals surface area contributed by atoms with Crippen LogP contribution in [0.15, 0.2) is 24.3 Å². The highest BCUT2D eigenvalue weighted by Gasteiger charge is 2.57. The SMILES string of the molecule is CN1CCN(Cc2ccc(CNC(=O)C3CC34CCNCC4)cc2)CC1.Cl.Cl.Cl. The highest BCUT2D eigenvalue weighted by atomic mass is 35.5. The van der Waals surface area contributed by atoms with Gasteiger partial charge in [-0.3, -0.25) is 9.69 Å². The van der Waals surface area contributed by atoms with Crippen molar-refractivity contribution in [2.24, 2.45) is 11.3 Å². The number of piperazine rings is 1. The minimum Gasteiger partial charge on any atom is -0.352 e. The zero-order valence-electron chi connectivity index (χ0n) is 17.2. The molecule has 2 N–H and O–H groups in total. The van der Waals surface area contributed by atoms with E-state index in [0.717, 1.165) is 65.1 Å². The number of nitrogens with one attached hydrogen (secondary N) is 2. The molecule has 5 nitrogen and oxygen atoms in total. The van der Waals surface area contributed by atoms with Gasteiger partial charge in [0.25, 0.3) is 0 Å². The Bertz CT molecular complexity index is 629. The molecular formula is C21H35Cl3N4O. The lowest BCUT2D eigenvalue weighted by Crippen LogP contribution is -2.43. The Morgan fingerprint density at radius 3 is 2.24 bits per heavy atom. The van der Waals surface area contributed by atoms with E-state index in [4.69, 9.17) is 0 Å². The summed E-state index contributed by atoms with van der Waals surface area (Å²) >= 11 is 0.